The second kappa shape index (κ2) is 8.86. The number of rotatable bonds is 7. The molecule has 0 atom stereocenters. The molecule has 0 unspecified atom stereocenters. The molecule has 1 N–H and O–H groups in total. The number of para-hydroxylation sites is 1. The van der Waals surface area contributed by atoms with Gasteiger partial charge in [-0.1, -0.05) is 52.0 Å². The predicted molar refractivity (Wildman–Crippen MR) is 103 cm³/mol. The number of hydrogen-bond donors (Lipinski definition) is 1. The first-order valence-electron chi connectivity index (χ1n) is 7.79. The minimum Gasteiger partial charge on any atom is -0.484 e. The second-order valence-corrected chi connectivity index (χ2v) is 7.15. The van der Waals surface area contributed by atoms with Crippen LogP contribution in [0.2, 0.25) is 0 Å². The Labute approximate surface area is 163 Å². The fourth-order valence-electron chi connectivity index (χ4n) is 2.01. The van der Waals surface area contributed by atoms with E-state index in [1.165, 1.54) is 11.8 Å². The molecule has 0 radical (unpaired) electrons. The van der Waals surface area contributed by atoms with Crippen molar-refractivity contribution in [2.24, 2.45) is 0 Å². The number of carbonyl (C=O) groups excluding carboxylic acids is 1. The quantitative estimate of drug-likeness (QED) is 0.554. The number of nitrogens with one attached hydrogen (secondary N) is 1. The van der Waals surface area contributed by atoms with Gasteiger partial charge in [0.25, 0.3) is 11.1 Å². The lowest BCUT2D eigenvalue weighted by Gasteiger charge is -2.06. The lowest BCUT2D eigenvalue weighted by atomic mass is 10.2. The fourth-order valence-corrected chi connectivity index (χ4v) is 2.97. The summed E-state index contributed by atoms with van der Waals surface area (Å²) in [4.78, 5) is 12.0. The SMILES string of the molecule is Cc1ccc(NC(=O)CSc2nnc(COc3ccccc3)o2)cc1Br. The molecular formula is C18H16BrN3O3S. The van der Waals surface area contributed by atoms with Crippen LogP contribution in [0.3, 0.4) is 0 Å². The summed E-state index contributed by atoms with van der Waals surface area (Å²) in [5, 5.41) is 11.0. The summed E-state index contributed by atoms with van der Waals surface area (Å²) in [5.41, 5.74) is 1.84. The zero-order valence-electron chi connectivity index (χ0n) is 13.9. The molecular weight excluding hydrogens is 418 g/mol. The van der Waals surface area contributed by atoms with Crippen molar-refractivity contribution in [2.45, 2.75) is 18.8 Å². The van der Waals surface area contributed by atoms with E-state index < -0.39 is 0 Å². The molecule has 1 heterocycles. The highest BCUT2D eigenvalue weighted by molar-refractivity contribution is 9.10. The highest BCUT2D eigenvalue weighted by Gasteiger charge is 2.11. The van der Waals surface area contributed by atoms with Gasteiger partial charge in [-0.05, 0) is 36.8 Å². The van der Waals surface area contributed by atoms with Crippen LogP contribution in [0.1, 0.15) is 11.5 Å². The number of amides is 1. The fraction of sp³-hybridized carbons (Fsp3) is 0.167. The van der Waals surface area contributed by atoms with Crippen LogP contribution in [0.4, 0.5) is 5.69 Å². The molecule has 0 aliphatic rings. The van der Waals surface area contributed by atoms with E-state index in [-0.39, 0.29) is 18.3 Å². The number of aromatic nitrogens is 2. The van der Waals surface area contributed by atoms with Gasteiger partial charge >= 0.3 is 0 Å². The van der Waals surface area contributed by atoms with Gasteiger partial charge in [0, 0.05) is 10.2 Å². The topological polar surface area (TPSA) is 77.2 Å². The Morgan fingerprint density at radius 2 is 2.04 bits per heavy atom. The number of ether oxygens (including phenoxy) is 1. The van der Waals surface area contributed by atoms with E-state index in [9.17, 15) is 4.79 Å². The standard InChI is InChI=1S/C18H16BrN3O3S/c1-12-7-8-13(9-15(12)19)20-16(23)11-26-18-22-21-17(25-18)10-24-14-5-3-2-4-6-14/h2-9H,10-11H2,1H3,(H,20,23). The average Bonchev–Trinajstić information content (AvgIpc) is 3.10. The number of hydrogen-bond acceptors (Lipinski definition) is 6. The van der Waals surface area contributed by atoms with Crippen molar-refractivity contribution in [1.82, 2.24) is 10.2 Å². The van der Waals surface area contributed by atoms with Gasteiger partial charge in [-0.15, -0.1) is 10.2 Å². The van der Waals surface area contributed by atoms with E-state index in [1.807, 2.05) is 55.5 Å². The van der Waals surface area contributed by atoms with Gasteiger partial charge in [0.15, 0.2) is 6.61 Å². The molecule has 3 rings (SSSR count). The molecule has 26 heavy (non-hydrogen) atoms. The predicted octanol–water partition coefficient (Wildman–Crippen LogP) is 4.45. The van der Waals surface area contributed by atoms with Crippen LogP contribution in [0, 0.1) is 6.92 Å². The molecule has 0 spiro atoms. The van der Waals surface area contributed by atoms with Gasteiger partial charge in [0.2, 0.25) is 5.91 Å². The molecule has 1 aromatic heterocycles. The summed E-state index contributed by atoms with van der Waals surface area (Å²) in [6, 6.07) is 15.0. The third kappa shape index (κ3) is 5.34. The summed E-state index contributed by atoms with van der Waals surface area (Å²) in [6.07, 6.45) is 0. The zero-order valence-corrected chi connectivity index (χ0v) is 16.3. The Hall–Kier alpha value is -2.32. The number of carbonyl (C=O) groups is 1. The maximum absolute atomic E-state index is 12.0. The maximum atomic E-state index is 12.0. The average molecular weight is 434 g/mol. The first-order chi connectivity index (χ1) is 12.6. The van der Waals surface area contributed by atoms with Crippen molar-refractivity contribution in [3.8, 4) is 5.75 Å². The Morgan fingerprint density at radius 1 is 1.23 bits per heavy atom. The van der Waals surface area contributed by atoms with Crippen LogP contribution in [0.25, 0.3) is 0 Å². The summed E-state index contributed by atoms with van der Waals surface area (Å²) >= 11 is 4.62. The third-order valence-corrected chi connectivity index (χ3v) is 5.01. The second-order valence-electron chi connectivity index (χ2n) is 5.36. The van der Waals surface area contributed by atoms with Gasteiger partial charge in [-0.3, -0.25) is 4.79 Å². The normalized spacial score (nSPS) is 10.5. The highest BCUT2D eigenvalue weighted by atomic mass is 79.9. The molecule has 0 aliphatic heterocycles. The first-order valence-corrected chi connectivity index (χ1v) is 9.57. The van der Waals surface area contributed by atoms with Crippen molar-refractivity contribution < 1.29 is 13.9 Å². The van der Waals surface area contributed by atoms with Crippen LogP contribution >= 0.6 is 27.7 Å². The molecule has 2 aromatic carbocycles. The van der Waals surface area contributed by atoms with Crippen LogP contribution in [-0.2, 0) is 11.4 Å². The maximum Gasteiger partial charge on any atom is 0.277 e. The molecule has 0 aliphatic carbocycles. The molecule has 134 valence electrons. The molecule has 3 aromatic rings. The van der Waals surface area contributed by atoms with E-state index >= 15 is 0 Å². The smallest absolute Gasteiger partial charge is 0.277 e. The van der Waals surface area contributed by atoms with Crippen molar-refractivity contribution in [3.05, 3.63) is 64.5 Å². The van der Waals surface area contributed by atoms with Gasteiger partial charge in [0.05, 0.1) is 5.75 Å². The number of benzene rings is 2. The third-order valence-electron chi connectivity index (χ3n) is 3.34. The van der Waals surface area contributed by atoms with Crippen molar-refractivity contribution in [2.75, 3.05) is 11.1 Å². The van der Waals surface area contributed by atoms with Crippen LogP contribution < -0.4 is 10.1 Å². The lowest BCUT2D eigenvalue weighted by Crippen LogP contribution is -2.14. The Kier molecular flexibility index (Phi) is 6.30. The van der Waals surface area contributed by atoms with Crippen molar-refractivity contribution in [1.29, 1.82) is 0 Å². The van der Waals surface area contributed by atoms with E-state index in [1.54, 1.807) is 0 Å². The van der Waals surface area contributed by atoms with E-state index in [4.69, 9.17) is 9.15 Å². The first kappa shape index (κ1) is 18.5. The molecule has 1 amide bonds. The Morgan fingerprint density at radius 3 is 2.81 bits per heavy atom. The van der Waals surface area contributed by atoms with Crippen LogP contribution in [-0.4, -0.2) is 21.9 Å². The highest BCUT2D eigenvalue weighted by Crippen LogP contribution is 2.22. The Bertz CT molecular complexity index is 886. The minimum absolute atomic E-state index is 0.147. The molecule has 0 bridgehead atoms. The largest absolute Gasteiger partial charge is 0.484 e. The molecule has 6 nitrogen and oxygen atoms in total. The van der Waals surface area contributed by atoms with Crippen LogP contribution in [0.5, 0.6) is 5.75 Å². The van der Waals surface area contributed by atoms with Gasteiger partial charge in [-0.25, -0.2) is 0 Å². The molecule has 0 fully saturated rings. The van der Waals surface area contributed by atoms with Gasteiger partial charge in [-0.2, -0.15) is 0 Å². The number of anilines is 1. The summed E-state index contributed by atoms with van der Waals surface area (Å²) < 4.78 is 12.0. The lowest BCUT2D eigenvalue weighted by molar-refractivity contribution is -0.113. The monoisotopic (exact) mass is 433 g/mol. The van der Waals surface area contributed by atoms with E-state index in [0.717, 1.165) is 21.5 Å². The number of thioether (sulfide) groups is 1. The Balaban J connectivity index is 1.46. The minimum atomic E-state index is -0.147. The van der Waals surface area contributed by atoms with E-state index in [0.29, 0.717) is 11.1 Å². The number of halogens is 1. The van der Waals surface area contributed by atoms with E-state index in [2.05, 4.69) is 31.4 Å². The summed E-state index contributed by atoms with van der Waals surface area (Å²) in [7, 11) is 0. The van der Waals surface area contributed by atoms with Crippen molar-refractivity contribution >= 4 is 39.3 Å². The van der Waals surface area contributed by atoms with Crippen LogP contribution in [0.15, 0.2) is 62.6 Å². The molecule has 8 heteroatoms. The summed E-state index contributed by atoms with van der Waals surface area (Å²) in [6.45, 7) is 2.17. The summed E-state index contributed by atoms with van der Waals surface area (Å²) in [5.74, 6) is 1.11. The molecule has 0 saturated carbocycles. The number of aryl methyl sites for hydroxylation is 1. The zero-order chi connectivity index (χ0) is 18.4. The number of nitrogens with zero attached hydrogens (tertiary/aromatic N) is 2. The van der Waals surface area contributed by atoms with Gasteiger partial charge < -0.3 is 14.5 Å². The van der Waals surface area contributed by atoms with Crippen molar-refractivity contribution in [3.63, 3.8) is 0 Å². The van der Waals surface area contributed by atoms with Gasteiger partial charge in [0.1, 0.15) is 5.75 Å². The molecule has 0 saturated heterocycles.